The molecule has 0 aliphatic carbocycles. The number of nitrogens with zero attached hydrogens (tertiary/aromatic N) is 4. The maximum atomic E-state index is 5.80. The highest BCUT2D eigenvalue weighted by molar-refractivity contribution is 5.67. The average molecular weight is 433 g/mol. The van der Waals surface area contributed by atoms with Crippen molar-refractivity contribution >= 4 is 0 Å². The highest BCUT2D eigenvalue weighted by Crippen LogP contribution is 2.37. The van der Waals surface area contributed by atoms with E-state index < -0.39 is 0 Å². The summed E-state index contributed by atoms with van der Waals surface area (Å²) in [5.74, 6) is 1.62. The zero-order chi connectivity index (χ0) is 22.1. The minimum atomic E-state index is 0.455. The fraction of sp³-hybridized carbons (Fsp3) is 0.423. The van der Waals surface area contributed by atoms with Crippen LogP contribution in [0.4, 0.5) is 0 Å². The molecule has 168 valence electrons. The summed E-state index contributed by atoms with van der Waals surface area (Å²) in [5.41, 5.74) is 6.12. The summed E-state index contributed by atoms with van der Waals surface area (Å²) in [5, 5.41) is 4.80. The Bertz CT molecular complexity index is 1070. The van der Waals surface area contributed by atoms with Crippen molar-refractivity contribution in [2.75, 3.05) is 33.9 Å². The molecule has 0 bridgehead atoms. The number of aromatic nitrogens is 2. The molecule has 6 nitrogen and oxygen atoms in total. The Kier molecular flexibility index (Phi) is 5.89. The molecule has 32 heavy (non-hydrogen) atoms. The van der Waals surface area contributed by atoms with Crippen LogP contribution in [-0.2, 0) is 20.1 Å². The number of fused-ring (bicyclic) bond motifs is 1. The third-order valence-corrected chi connectivity index (χ3v) is 6.32. The van der Waals surface area contributed by atoms with Gasteiger partial charge in [-0.1, -0.05) is 24.3 Å². The molecule has 5 rings (SSSR count). The van der Waals surface area contributed by atoms with Crippen LogP contribution >= 0.6 is 0 Å². The zero-order valence-corrected chi connectivity index (χ0v) is 19.3. The third-order valence-electron chi connectivity index (χ3n) is 6.32. The molecule has 0 amide bonds. The third kappa shape index (κ3) is 4.38. The Morgan fingerprint density at radius 1 is 1.03 bits per heavy atom. The number of likely N-dealkylation sites (tertiary alicyclic amines) is 1. The van der Waals surface area contributed by atoms with Crippen molar-refractivity contribution in [2.24, 2.45) is 7.05 Å². The van der Waals surface area contributed by atoms with Gasteiger partial charge in [-0.15, -0.1) is 0 Å². The van der Waals surface area contributed by atoms with Gasteiger partial charge < -0.3 is 14.4 Å². The largest absolute Gasteiger partial charge is 0.486 e. The van der Waals surface area contributed by atoms with Gasteiger partial charge in [0.15, 0.2) is 11.5 Å². The van der Waals surface area contributed by atoms with Gasteiger partial charge in [0.05, 0.1) is 5.69 Å². The van der Waals surface area contributed by atoms with Gasteiger partial charge >= 0.3 is 0 Å². The molecule has 2 aromatic carbocycles. The lowest BCUT2D eigenvalue weighted by atomic mass is 10.0. The maximum absolute atomic E-state index is 5.80. The van der Waals surface area contributed by atoms with E-state index >= 15 is 0 Å². The van der Waals surface area contributed by atoms with Gasteiger partial charge in [0.25, 0.3) is 0 Å². The molecular weight excluding hydrogens is 400 g/mol. The van der Waals surface area contributed by atoms with Crippen LogP contribution in [0.3, 0.4) is 0 Å². The highest BCUT2D eigenvalue weighted by atomic mass is 16.6. The highest BCUT2D eigenvalue weighted by Gasteiger charge is 2.27. The second-order valence-corrected chi connectivity index (χ2v) is 9.14. The number of hydrogen-bond acceptors (Lipinski definition) is 5. The predicted octanol–water partition coefficient (Wildman–Crippen LogP) is 4.26. The Morgan fingerprint density at radius 3 is 2.59 bits per heavy atom. The molecule has 1 fully saturated rings. The molecule has 1 atom stereocenters. The van der Waals surface area contributed by atoms with Crippen molar-refractivity contribution in [1.29, 1.82) is 0 Å². The van der Waals surface area contributed by atoms with Crippen LogP contribution in [0.2, 0.25) is 0 Å². The second kappa shape index (κ2) is 8.96. The fourth-order valence-electron chi connectivity index (χ4n) is 4.91. The molecule has 1 saturated heterocycles. The molecule has 0 radical (unpaired) electrons. The lowest BCUT2D eigenvalue weighted by molar-refractivity contribution is 0.171. The monoisotopic (exact) mass is 432 g/mol. The molecular formula is C26H32N4O2. The minimum Gasteiger partial charge on any atom is -0.486 e. The summed E-state index contributed by atoms with van der Waals surface area (Å²) in [7, 11) is 6.22. The summed E-state index contributed by atoms with van der Waals surface area (Å²) in [6, 6.07) is 15.8. The smallest absolute Gasteiger partial charge is 0.162 e. The van der Waals surface area contributed by atoms with Crippen LogP contribution in [0.5, 0.6) is 11.5 Å². The van der Waals surface area contributed by atoms with Crippen LogP contribution < -0.4 is 9.47 Å². The summed E-state index contributed by atoms with van der Waals surface area (Å²) in [6.07, 6.45) is 4.58. The topological polar surface area (TPSA) is 42.8 Å². The van der Waals surface area contributed by atoms with E-state index in [1.807, 2.05) is 17.8 Å². The SMILES string of the molecule is CN(C)Cc1ccc([C@H]2CCCN2Cc2cn(C)nc2-c2ccc3c(c2)OCCO3)cc1. The molecule has 0 unspecified atom stereocenters. The Morgan fingerprint density at radius 2 is 1.81 bits per heavy atom. The van der Waals surface area contributed by atoms with E-state index in [0.717, 1.165) is 42.4 Å². The average Bonchev–Trinajstić information content (AvgIpc) is 3.40. The number of rotatable bonds is 6. The van der Waals surface area contributed by atoms with Gasteiger partial charge in [-0.25, -0.2) is 0 Å². The second-order valence-electron chi connectivity index (χ2n) is 9.14. The van der Waals surface area contributed by atoms with Gasteiger partial charge in [-0.2, -0.15) is 5.10 Å². The molecule has 3 heterocycles. The predicted molar refractivity (Wildman–Crippen MR) is 126 cm³/mol. The van der Waals surface area contributed by atoms with Gasteiger partial charge in [0.1, 0.15) is 13.2 Å². The normalized spacial score (nSPS) is 18.4. The first kappa shape index (κ1) is 21.0. The van der Waals surface area contributed by atoms with Gasteiger partial charge in [0, 0.05) is 43.5 Å². The van der Waals surface area contributed by atoms with Gasteiger partial charge in [-0.05, 0) is 62.8 Å². The molecule has 2 aliphatic rings. The first-order valence-electron chi connectivity index (χ1n) is 11.5. The van der Waals surface area contributed by atoms with Crippen LogP contribution in [0.15, 0.2) is 48.7 Å². The van der Waals surface area contributed by atoms with Crippen molar-refractivity contribution in [3.63, 3.8) is 0 Å². The Balaban J connectivity index is 1.37. The van der Waals surface area contributed by atoms with Crippen LogP contribution in [0, 0.1) is 0 Å². The summed E-state index contributed by atoms with van der Waals surface area (Å²) < 4.78 is 13.4. The number of ether oxygens (including phenoxy) is 2. The van der Waals surface area contributed by atoms with Gasteiger partial charge in [0.2, 0.25) is 0 Å². The van der Waals surface area contributed by atoms with E-state index in [-0.39, 0.29) is 0 Å². The van der Waals surface area contributed by atoms with E-state index in [2.05, 4.69) is 66.5 Å². The van der Waals surface area contributed by atoms with E-state index in [0.29, 0.717) is 19.3 Å². The molecule has 2 aliphatic heterocycles. The van der Waals surface area contributed by atoms with Gasteiger partial charge in [-0.3, -0.25) is 9.58 Å². The van der Waals surface area contributed by atoms with Crippen molar-refractivity contribution < 1.29 is 9.47 Å². The first-order valence-corrected chi connectivity index (χ1v) is 11.5. The lowest BCUT2D eigenvalue weighted by Crippen LogP contribution is -2.23. The van der Waals surface area contributed by atoms with Crippen molar-refractivity contribution in [2.45, 2.75) is 32.0 Å². The van der Waals surface area contributed by atoms with E-state index in [9.17, 15) is 0 Å². The first-order chi connectivity index (χ1) is 15.6. The summed E-state index contributed by atoms with van der Waals surface area (Å²) in [6.45, 7) is 4.17. The van der Waals surface area contributed by atoms with E-state index in [1.54, 1.807) is 0 Å². The molecule has 3 aromatic rings. The summed E-state index contributed by atoms with van der Waals surface area (Å²) >= 11 is 0. The molecule has 0 spiro atoms. The molecule has 1 aromatic heterocycles. The zero-order valence-electron chi connectivity index (χ0n) is 19.3. The standard InChI is InChI=1S/C26H32N4O2/c1-28(2)16-19-6-8-20(9-7-19)23-5-4-12-30(23)18-22-17-29(3)27-26(22)21-10-11-24-25(15-21)32-14-13-31-24/h6-11,15,17,23H,4-5,12-14,16,18H2,1-3H3/t23-/m1/s1. The molecule has 0 N–H and O–H groups in total. The van der Waals surface area contributed by atoms with Crippen molar-refractivity contribution in [3.05, 3.63) is 65.4 Å². The van der Waals surface area contributed by atoms with Crippen molar-refractivity contribution in [1.82, 2.24) is 19.6 Å². The van der Waals surface area contributed by atoms with Crippen LogP contribution in [0.25, 0.3) is 11.3 Å². The maximum Gasteiger partial charge on any atom is 0.162 e. The molecule has 0 saturated carbocycles. The van der Waals surface area contributed by atoms with E-state index in [1.165, 1.54) is 29.5 Å². The van der Waals surface area contributed by atoms with Crippen LogP contribution in [0.1, 0.15) is 35.6 Å². The van der Waals surface area contributed by atoms with E-state index in [4.69, 9.17) is 14.6 Å². The quantitative estimate of drug-likeness (QED) is 0.582. The minimum absolute atomic E-state index is 0.455. The Labute approximate surface area is 190 Å². The fourth-order valence-corrected chi connectivity index (χ4v) is 4.91. The number of aryl methyl sites for hydroxylation is 1. The number of hydrogen-bond donors (Lipinski definition) is 0. The molecule has 6 heteroatoms. The lowest BCUT2D eigenvalue weighted by Gasteiger charge is -2.25. The number of benzene rings is 2. The summed E-state index contributed by atoms with van der Waals surface area (Å²) in [4.78, 5) is 4.80. The Hall–Kier alpha value is -2.83. The van der Waals surface area contributed by atoms with Crippen molar-refractivity contribution in [3.8, 4) is 22.8 Å². The van der Waals surface area contributed by atoms with Crippen LogP contribution in [-0.4, -0.2) is 53.4 Å².